The minimum Gasteiger partial charge on any atom is -0.390 e. The fraction of sp³-hybridized carbons (Fsp3) is 0.333. The Morgan fingerprint density at radius 2 is 1.61 bits per heavy atom. The second kappa shape index (κ2) is 10.6. The molecule has 0 aromatic heterocycles. The van der Waals surface area contributed by atoms with E-state index in [4.69, 9.17) is 37.4 Å². The highest BCUT2D eigenvalue weighted by molar-refractivity contribution is 6.35. The van der Waals surface area contributed by atoms with E-state index in [1.54, 1.807) is 6.07 Å². The molecule has 0 unspecified atom stereocenters. The van der Waals surface area contributed by atoms with Gasteiger partial charge in [-0.2, -0.15) is 0 Å². The number of aliphatic hydroxyl groups is 1. The average Bonchev–Trinajstić information content (AvgIpc) is 3.14. The van der Waals surface area contributed by atoms with Gasteiger partial charge < -0.3 is 19.3 Å². The van der Waals surface area contributed by atoms with Gasteiger partial charge >= 0.3 is 0 Å². The van der Waals surface area contributed by atoms with E-state index < -0.39 is 18.0 Å². The van der Waals surface area contributed by atoms with Crippen LogP contribution in [0.1, 0.15) is 25.0 Å². The lowest BCUT2D eigenvalue weighted by Crippen LogP contribution is -2.43. The van der Waals surface area contributed by atoms with E-state index in [-0.39, 0.29) is 6.10 Å². The van der Waals surface area contributed by atoms with Gasteiger partial charge in [0.2, 0.25) is 0 Å². The summed E-state index contributed by atoms with van der Waals surface area (Å²) in [5.41, 5.74) is 3.98. The van der Waals surface area contributed by atoms with Crippen molar-refractivity contribution in [2.45, 2.75) is 51.0 Å². The second-order valence-electron chi connectivity index (χ2n) is 8.75. The van der Waals surface area contributed by atoms with Crippen molar-refractivity contribution in [2.24, 2.45) is 0 Å². The zero-order chi connectivity index (χ0) is 23.4. The van der Waals surface area contributed by atoms with Crippen molar-refractivity contribution in [1.82, 2.24) is 0 Å². The topological polar surface area (TPSA) is 47.9 Å². The van der Waals surface area contributed by atoms with E-state index in [1.165, 1.54) is 0 Å². The number of hydrogen-bond acceptors (Lipinski definition) is 4. The van der Waals surface area contributed by atoms with Crippen molar-refractivity contribution in [2.75, 3.05) is 6.61 Å². The van der Waals surface area contributed by atoms with Gasteiger partial charge in [0.05, 0.1) is 19.3 Å². The highest BCUT2D eigenvalue weighted by Crippen LogP contribution is 2.30. The van der Waals surface area contributed by atoms with Gasteiger partial charge in [-0.1, -0.05) is 77.8 Å². The molecule has 0 spiro atoms. The Morgan fingerprint density at radius 1 is 0.939 bits per heavy atom. The lowest BCUT2D eigenvalue weighted by Gasteiger charge is -2.28. The third-order valence-corrected chi connectivity index (χ3v) is 6.09. The number of aliphatic hydroxyl groups excluding tert-OH is 1. The zero-order valence-corrected chi connectivity index (χ0v) is 20.2. The molecular formula is C27H28Cl2O4. The largest absolute Gasteiger partial charge is 0.390 e. The summed E-state index contributed by atoms with van der Waals surface area (Å²) in [6.45, 7) is 4.50. The predicted molar refractivity (Wildman–Crippen MR) is 132 cm³/mol. The molecular weight excluding hydrogens is 459 g/mol. The van der Waals surface area contributed by atoms with Gasteiger partial charge in [-0.25, -0.2) is 0 Å². The molecule has 0 saturated carbocycles. The fourth-order valence-electron chi connectivity index (χ4n) is 4.02. The summed E-state index contributed by atoms with van der Waals surface area (Å²) >= 11 is 12.3. The molecule has 6 heteroatoms. The van der Waals surface area contributed by atoms with Crippen LogP contribution in [0.2, 0.25) is 10.0 Å². The Morgan fingerprint density at radius 3 is 2.21 bits per heavy atom. The van der Waals surface area contributed by atoms with Gasteiger partial charge in [0.15, 0.2) is 5.79 Å². The summed E-state index contributed by atoms with van der Waals surface area (Å²) in [6, 6.07) is 23.4. The average molecular weight is 487 g/mol. The summed E-state index contributed by atoms with van der Waals surface area (Å²) in [5, 5.41) is 12.3. The molecule has 0 aliphatic carbocycles. The summed E-state index contributed by atoms with van der Waals surface area (Å²) < 4.78 is 17.9. The Hall–Kier alpha value is -1.92. The maximum atomic E-state index is 11.1. The summed E-state index contributed by atoms with van der Waals surface area (Å²) in [5.74, 6) is -0.696. The number of ether oxygens (including phenoxy) is 3. The van der Waals surface area contributed by atoms with Gasteiger partial charge in [-0.15, -0.1) is 0 Å². The Bertz CT molecular complexity index is 1030. The van der Waals surface area contributed by atoms with Gasteiger partial charge in [-0.05, 0) is 54.3 Å². The molecule has 3 aromatic carbocycles. The van der Waals surface area contributed by atoms with Crippen LogP contribution in [0, 0.1) is 0 Å². The molecule has 1 fully saturated rings. The van der Waals surface area contributed by atoms with Gasteiger partial charge in [-0.3, -0.25) is 0 Å². The number of halogens is 2. The predicted octanol–water partition coefficient (Wildman–Crippen LogP) is 6.30. The highest BCUT2D eigenvalue weighted by atomic mass is 35.5. The Labute approximate surface area is 205 Å². The molecule has 1 N–H and O–H groups in total. The molecule has 174 valence electrons. The van der Waals surface area contributed by atoms with Crippen LogP contribution in [0.25, 0.3) is 11.1 Å². The minimum absolute atomic E-state index is 0.355. The maximum absolute atomic E-state index is 11.1. The van der Waals surface area contributed by atoms with Crippen LogP contribution in [0.3, 0.4) is 0 Å². The van der Waals surface area contributed by atoms with Crippen molar-refractivity contribution in [1.29, 1.82) is 0 Å². The van der Waals surface area contributed by atoms with Crippen LogP contribution in [0.15, 0.2) is 72.8 Å². The molecule has 1 heterocycles. The third kappa shape index (κ3) is 6.57. The molecule has 3 aromatic rings. The molecule has 0 radical (unpaired) electrons. The van der Waals surface area contributed by atoms with Crippen LogP contribution in [0.5, 0.6) is 0 Å². The fourth-order valence-corrected chi connectivity index (χ4v) is 4.55. The van der Waals surface area contributed by atoms with Crippen molar-refractivity contribution in [3.05, 3.63) is 94.0 Å². The van der Waals surface area contributed by atoms with Gasteiger partial charge in [0, 0.05) is 16.5 Å². The third-order valence-electron chi connectivity index (χ3n) is 5.66. The molecule has 1 aliphatic rings. The first-order chi connectivity index (χ1) is 15.8. The molecule has 1 aliphatic heterocycles. The first-order valence-corrected chi connectivity index (χ1v) is 11.8. The van der Waals surface area contributed by atoms with Gasteiger partial charge in [0.25, 0.3) is 0 Å². The molecule has 33 heavy (non-hydrogen) atoms. The quantitative estimate of drug-likeness (QED) is 0.405. The normalized spacial score (nSPS) is 19.4. The van der Waals surface area contributed by atoms with Crippen molar-refractivity contribution >= 4 is 23.2 Å². The van der Waals surface area contributed by atoms with Crippen molar-refractivity contribution < 1.29 is 19.3 Å². The standard InChI is InChI=1S/C27H28Cl2O4/c1-27(2)32-17-25(33-27)26(31-16-19-6-4-3-5-7-19)24(30)12-18-8-10-20(11-9-18)21-13-22(28)15-23(29)14-21/h3-11,13-15,24-26,30H,12,16-17H2,1-2H3/t24-,25-,26-/m0/s1. The summed E-state index contributed by atoms with van der Waals surface area (Å²) in [6.07, 6.45) is -1.22. The van der Waals surface area contributed by atoms with E-state index in [2.05, 4.69) is 0 Å². The lowest BCUT2D eigenvalue weighted by molar-refractivity contribution is -0.171. The zero-order valence-electron chi connectivity index (χ0n) is 18.7. The number of rotatable bonds is 8. The highest BCUT2D eigenvalue weighted by Gasteiger charge is 2.41. The Balaban J connectivity index is 1.46. The van der Waals surface area contributed by atoms with Crippen molar-refractivity contribution in [3.8, 4) is 11.1 Å². The van der Waals surface area contributed by atoms with Crippen LogP contribution in [0.4, 0.5) is 0 Å². The van der Waals surface area contributed by atoms with Gasteiger partial charge in [0.1, 0.15) is 12.2 Å². The van der Waals surface area contributed by atoms with Crippen LogP contribution in [-0.2, 0) is 27.2 Å². The van der Waals surface area contributed by atoms with E-state index in [1.807, 2.05) is 80.6 Å². The number of benzene rings is 3. The van der Waals surface area contributed by atoms with E-state index >= 15 is 0 Å². The SMILES string of the molecule is CC1(C)OC[C@@H]([C@@H](OCc2ccccc2)[C@@H](O)Cc2ccc(-c3cc(Cl)cc(Cl)c3)cc2)O1. The van der Waals surface area contributed by atoms with Crippen LogP contribution >= 0.6 is 23.2 Å². The molecule has 4 nitrogen and oxygen atoms in total. The first-order valence-electron chi connectivity index (χ1n) is 11.0. The molecule has 4 rings (SSSR count). The minimum atomic E-state index is -0.761. The van der Waals surface area contributed by atoms with E-state index in [0.717, 1.165) is 22.3 Å². The monoisotopic (exact) mass is 486 g/mol. The molecule has 1 saturated heterocycles. The smallest absolute Gasteiger partial charge is 0.163 e. The Kier molecular flexibility index (Phi) is 7.75. The van der Waals surface area contributed by atoms with Crippen molar-refractivity contribution in [3.63, 3.8) is 0 Å². The van der Waals surface area contributed by atoms with Crippen LogP contribution < -0.4 is 0 Å². The number of hydrogen-bond donors (Lipinski definition) is 1. The molecule has 3 atom stereocenters. The van der Waals surface area contributed by atoms with E-state index in [0.29, 0.717) is 29.7 Å². The first kappa shape index (κ1) is 24.2. The summed E-state index contributed by atoms with van der Waals surface area (Å²) in [4.78, 5) is 0. The lowest BCUT2D eigenvalue weighted by atomic mass is 9.98. The molecule has 0 amide bonds. The second-order valence-corrected chi connectivity index (χ2v) is 9.63. The summed E-state index contributed by atoms with van der Waals surface area (Å²) in [7, 11) is 0. The van der Waals surface area contributed by atoms with E-state index in [9.17, 15) is 5.11 Å². The van der Waals surface area contributed by atoms with Crippen LogP contribution in [-0.4, -0.2) is 35.8 Å². The maximum Gasteiger partial charge on any atom is 0.163 e. The molecule has 0 bridgehead atoms.